The van der Waals surface area contributed by atoms with E-state index in [0.29, 0.717) is 0 Å². The van der Waals surface area contributed by atoms with Crippen LogP contribution in [0.15, 0.2) is 194 Å². The van der Waals surface area contributed by atoms with Crippen molar-refractivity contribution in [2.24, 2.45) is 0 Å². The highest BCUT2D eigenvalue weighted by molar-refractivity contribution is 6.04. The van der Waals surface area contributed by atoms with Crippen LogP contribution in [0.2, 0.25) is 0 Å². The summed E-state index contributed by atoms with van der Waals surface area (Å²) in [4.78, 5) is 0. The van der Waals surface area contributed by atoms with E-state index in [2.05, 4.69) is 199 Å². The highest BCUT2D eigenvalue weighted by Crippen LogP contribution is 2.36. The first-order valence-electron chi connectivity index (χ1n) is 16.3. The van der Waals surface area contributed by atoms with Gasteiger partial charge in [0, 0.05) is 28.1 Å². The molecule has 0 atom stereocenters. The summed E-state index contributed by atoms with van der Waals surface area (Å²) < 4.78 is 0. The van der Waals surface area contributed by atoms with Crippen LogP contribution in [-0.4, -0.2) is 0 Å². The Morgan fingerprint density at radius 2 is 0.583 bits per heavy atom. The Kier molecular flexibility index (Phi) is 7.96. The maximum Gasteiger partial charge on any atom is 0.0464 e. The quantitative estimate of drug-likeness (QED) is 0.178. The zero-order valence-electron chi connectivity index (χ0n) is 26.5. The molecule has 2 N–H and O–H groups in total. The predicted molar refractivity (Wildman–Crippen MR) is 205 cm³/mol. The van der Waals surface area contributed by atoms with Gasteiger partial charge in [-0.05, 0) is 92.4 Å². The van der Waals surface area contributed by atoms with Crippen LogP contribution in [-0.2, 0) is 0 Å². The van der Waals surface area contributed by atoms with E-state index >= 15 is 0 Å². The molecule has 0 fully saturated rings. The van der Waals surface area contributed by atoms with Crippen molar-refractivity contribution < 1.29 is 0 Å². The van der Waals surface area contributed by atoms with Crippen molar-refractivity contribution >= 4 is 33.5 Å². The lowest BCUT2D eigenvalue weighted by molar-refractivity contribution is 1.53. The predicted octanol–water partition coefficient (Wildman–Crippen LogP) is 13.0. The number of hydrogen-bond acceptors (Lipinski definition) is 2. The fraction of sp³-hybridized carbons (Fsp3) is 0. The van der Waals surface area contributed by atoms with Crippen molar-refractivity contribution in [1.82, 2.24) is 0 Å². The molecule has 0 aliphatic heterocycles. The van der Waals surface area contributed by atoms with Gasteiger partial charge in [-0.15, -0.1) is 0 Å². The number of anilines is 4. The molecular formula is C46H34N2. The van der Waals surface area contributed by atoms with E-state index < -0.39 is 0 Å². The van der Waals surface area contributed by atoms with E-state index in [1.54, 1.807) is 0 Å². The molecule has 0 bridgehead atoms. The number of fused-ring (bicyclic) bond motifs is 1. The van der Waals surface area contributed by atoms with E-state index in [4.69, 9.17) is 0 Å². The summed E-state index contributed by atoms with van der Waals surface area (Å²) in [6.45, 7) is 0. The highest BCUT2D eigenvalue weighted by Gasteiger charge is 2.09. The average Bonchev–Trinajstić information content (AvgIpc) is 3.17. The Bertz CT molecular complexity index is 2270. The van der Waals surface area contributed by atoms with Gasteiger partial charge in [-0.2, -0.15) is 0 Å². The van der Waals surface area contributed by atoms with Crippen LogP contribution in [0.5, 0.6) is 0 Å². The van der Waals surface area contributed by atoms with Crippen molar-refractivity contribution in [3.63, 3.8) is 0 Å². The molecule has 8 aromatic rings. The summed E-state index contributed by atoms with van der Waals surface area (Å²) in [6, 6.07) is 68.7. The Balaban J connectivity index is 0.960. The van der Waals surface area contributed by atoms with Gasteiger partial charge in [-0.25, -0.2) is 0 Å². The molecule has 0 saturated carbocycles. The Labute approximate surface area is 282 Å². The van der Waals surface area contributed by atoms with Gasteiger partial charge < -0.3 is 10.6 Å². The van der Waals surface area contributed by atoms with Gasteiger partial charge in [0.25, 0.3) is 0 Å². The molecule has 228 valence electrons. The number of rotatable bonds is 8. The molecule has 48 heavy (non-hydrogen) atoms. The lowest BCUT2D eigenvalue weighted by atomic mass is 9.95. The summed E-state index contributed by atoms with van der Waals surface area (Å²) in [6.07, 6.45) is 0. The van der Waals surface area contributed by atoms with E-state index in [1.807, 2.05) is 6.07 Å². The van der Waals surface area contributed by atoms with Crippen LogP contribution in [0.4, 0.5) is 22.7 Å². The minimum Gasteiger partial charge on any atom is -0.356 e. The molecule has 8 aromatic carbocycles. The molecule has 0 amide bonds. The smallest absolute Gasteiger partial charge is 0.0464 e. The molecule has 0 aliphatic rings. The third kappa shape index (κ3) is 6.20. The van der Waals surface area contributed by atoms with E-state index in [-0.39, 0.29) is 0 Å². The van der Waals surface area contributed by atoms with Gasteiger partial charge in [0.15, 0.2) is 0 Å². The van der Waals surface area contributed by atoms with Crippen LogP contribution in [0.1, 0.15) is 0 Å². The summed E-state index contributed by atoms with van der Waals surface area (Å²) in [5, 5.41) is 9.63. The van der Waals surface area contributed by atoms with Crippen molar-refractivity contribution in [1.29, 1.82) is 0 Å². The minimum absolute atomic E-state index is 1.06. The van der Waals surface area contributed by atoms with Crippen molar-refractivity contribution in [2.75, 3.05) is 10.6 Å². The lowest BCUT2D eigenvalue weighted by Crippen LogP contribution is -1.93. The third-order valence-electron chi connectivity index (χ3n) is 8.89. The van der Waals surface area contributed by atoms with Gasteiger partial charge in [-0.3, -0.25) is 0 Å². The Hall–Kier alpha value is -6.38. The average molecular weight is 615 g/mol. The summed E-state index contributed by atoms with van der Waals surface area (Å²) >= 11 is 0. The second-order valence-electron chi connectivity index (χ2n) is 12.0. The zero-order chi connectivity index (χ0) is 32.1. The van der Waals surface area contributed by atoms with Gasteiger partial charge in [0.1, 0.15) is 0 Å². The van der Waals surface area contributed by atoms with E-state index in [0.717, 1.165) is 22.7 Å². The van der Waals surface area contributed by atoms with Crippen molar-refractivity contribution in [3.8, 4) is 44.5 Å². The molecular weight excluding hydrogens is 581 g/mol. The maximum absolute atomic E-state index is 3.68. The Morgan fingerprint density at radius 3 is 1.06 bits per heavy atom. The van der Waals surface area contributed by atoms with E-state index in [9.17, 15) is 0 Å². The van der Waals surface area contributed by atoms with Crippen LogP contribution >= 0.6 is 0 Å². The minimum atomic E-state index is 1.06. The molecule has 2 nitrogen and oxygen atoms in total. The lowest BCUT2D eigenvalue weighted by Gasteiger charge is -2.14. The van der Waals surface area contributed by atoms with Gasteiger partial charge in [-0.1, -0.05) is 152 Å². The largest absolute Gasteiger partial charge is 0.356 e. The topological polar surface area (TPSA) is 24.1 Å². The fourth-order valence-electron chi connectivity index (χ4n) is 6.32. The molecule has 2 heteroatoms. The first-order chi connectivity index (χ1) is 23.8. The second kappa shape index (κ2) is 13.2. The molecule has 0 radical (unpaired) electrons. The first kappa shape index (κ1) is 29.1. The van der Waals surface area contributed by atoms with Gasteiger partial charge in [0.2, 0.25) is 0 Å². The van der Waals surface area contributed by atoms with Crippen molar-refractivity contribution in [3.05, 3.63) is 194 Å². The molecule has 0 saturated heterocycles. The summed E-state index contributed by atoms with van der Waals surface area (Å²) in [5.74, 6) is 0. The fourth-order valence-corrected chi connectivity index (χ4v) is 6.32. The highest BCUT2D eigenvalue weighted by atomic mass is 14.9. The number of hydrogen-bond donors (Lipinski definition) is 2. The molecule has 0 unspecified atom stereocenters. The molecule has 0 spiro atoms. The summed E-state index contributed by atoms with van der Waals surface area (Å²) in [7, 11) is 0. The molecule has 0 aliphatic carbocycles. The first-order valence-corrected chi connectivity index (χ1v) is 16.3. The van der Waals surface area contributed by atoms with Crippen LogP contribution < -0.4 is 10.6 Å². The Morgan fingerprint density at radius 1 is 0.229 bits per heavy atom. The summed E-state index contributed by atoms with van der Waals surface area (Å²) in [5.41, 5.74) is 14.0. The van der Waals surface area contributed by atoms with Crippen LogP contribution in [0.3, 0.4) is 0 Å². The zero-order valence-corrected chi connectivity index (χ0v) is 26.5. The molecule has 8 rings (SSSR count). The number of nitrogens with one attached hydrogen (secondary N) is 2. The SMILES string of the molecule is c1ccc(-c2ccc(Nc3ccc(-c4ccc(Nc5ccc(-c6ccc(-c7ccccc7)cc6)c6ccccc56)cc4)cc3)cc2)cc1. The normalized spacial score (nSPS) is 10.9. The second-order valence-corrected chi connectivity index (χ2v) is 12.0. The van der Waals surface area contributed by atoms with Crippen molar-refractivity contribution in [2.45, 2.75) is 0 Å². The standard InChI is InChI=1S/C46H34N2/c1-3-9-33(10-4-1)35-15-17-39(18-16-35)43-31-32-46(45-14-8-7-13-44(43)45)48-42-29-23-38(24-30-42)37-21-27-41(28-22-37)47-40-25-19-36(20-26-40)34-11-5-2-6-12-34/h1-32,47-48H. The number of benzene rings is 8. The van der Waals surface area contributed by atoms with Crippen LogP contribution in [0, 0.1) is 0 Å². The van der Waals surface area contributed by atoms with Gasteiger partial charge in [0.05, 0.1) is 0 Å². The van der Waals surface area contributed by atoms with Crippen LogP contribution in [0.25, 0.3) is 55.3 Å². The third-order valence-corrected chi connectivity index (χ3v) is 8.89. The monoisotopic (exact) mass is 614 g/mol. The molecule has 0 aromatic heterocycles. The molecule has 0 heterocycles. The van der Waals surface area contributed by atoms with E-state index in [1.165, 1.54) is 55.3 Å². The maximum atomic E-state index is 3.68. The van der Waals surface area contributed by atoms with Gasteiger partial charge >= 0.3 is 0 Å².